The number of hydrogen-bond acceptors (Lipinski definition) is 5. The average molecular weight is 813 g/mol. The van der Waals surface area contributed by atoms with Crippen LogP contribution in [0.15, 0.2) is 237 Å². The largest absolute Gasteiger partial charge is 0.478 e. The first-order valence-electron chi connectivity index (χ1n) is 20.8. The van der Waals surface area contributed by atoms with E-state index in [1.54, 1.807) is 18.2 Å². The van der Waals surface area contributed by atoms with Gasteiger partial charge in [0.05, 0.1) is 28.0 Å². The third-order valence-electron chi connectivity index (χ3n) is 11.2. The third-order valence-corrected chi connectivity index (χ3v) is 11.2. The van der Waals surface area contributed by atoms with Crippen LogP contribution in [0.25, 0.3) is 55.8 Å². The minimum absolute atomic E-state index is 0.165. The zero-order valence-electron chi connectivity index (χ0n) is 34.2. The number of rotatable bonds is 11. The van der Waals surface area contributed by atoms with Crippen LogP contribution in [0.5, 0.6) is 0 Å². The van der Waals surface area contributed by atoms with Crippen molar-refractivity contribution in [2.45, 2.75) is 0 Å². The molecule has 63 heavy (non-hydrogen) atoms. The van der Waals surface area contributed by atoms with Crippen LogP contribution in [-0.4, -0.2) is 21.0 Å². The average Bonchev–Trinajstić information content (AvgIpc) is 3.35. The van der Waals surface area contributed by atoms with Crippen molar-refractivity contribution >= 4 is 51.1 Å². The topological polar surface area (TPSA) is 69.6 Å². The molecule has 0 radical (unpaired) electrons. The smallest absolute Gasteiger partial charge is 0.335 e. The van der Waals surface area contributed by atoms with Crippen molar-refractivity contribution in [3.05, 3.63) is 242 Å². The Bertz CT molecular complexity index is 3070. The van der Waals surface area contributed by atoms with Crippen LogP contribution in [0.3, 0.4) is 0 Å². The first kappa shape index (κ1) is 38.6. The maximum atomic E-state index is 11.9. The molecule has 9 aromatic carbocycles. The van der Waals surface area contributed by atoms with E-state index in [2.05, 4.69) is 204 Å². The molecule has 0 saturated carbocycles. The van der Waals surface area contributed by atoms with E-state index in [0.29, 0.717) is 22.4 Å². The lowest BCUT2D eigenvalue weighted by Crippen LogP contribution is -2.09. The summed E-state index contributed by atoms with van der Waals surface area (Å²) in [4.78, 5) is 26.6. The van der Waals surface area contributed by atoms with Gasteiger partial charge >= 0.3 is 5.97 Å². The van der Waals surface area contributed by atoms with Gasteiger partial charge in [0.25, 0.3) is 0 Å². The summed E-state index contributed by atoms with van der Waals surface area (Å²) in [6.07, 6.45) is 0. The molecule has 0 aliphatic heterocycles. The van der Waals surface area contributed by atoms with Gasteiger partial charge in [-0.2, -0.15) is 0 Å². The molecule has 0 fully saturated rings. The summed E-state index contributed by atoms with van der Waals surface area (Å²) in [7, 11) is 0. The van der Waals surface area contributed by atoms with Crippen LogP contribution < -0.4 is 9.80 Å². The molecule has 6 heteroatoms. The van der Waals surface area contributed by atoms with E-state index < -0.39 is 5.97 Å². The molecule has 1 heterocycles. The lowest BCUT2D eigenvalue weighted by atomic mass is 9.98. The number of fused-ring (bicyclic) bond motifs is 1. The molecule has 0 bridgehead atoms. The van der Waals surface area contributed by atoms with E-state index >= 15 is 0 Å². The van der Waals surface area contributed by atoms with E-state index in [0.717, 1.165) is 67.5 Å². The van der Waals surface area contributed by atoms with Crippen LogP contribution >= 0.6 is 0 Å². The molecule has 300 valence electrons. The quantitative estimate of drug-likeness (QED) is 0.140. The Balaban J connectivity index is 0.960. The van der Waals surface area contributed by atoms with E-state index in [1.807, 2.05) is 24.3 Å². The van der Waals surface area contributed by atoms with Crippen molar-refractivity contribution in [2.24, 2.45) is 0 Å². The SMILES string of the molecule is O=C(O)c1ccc2nc(-c3ccc(-c4ccc(N(c5ccccc5)c5ccccc5)cc4)cc3)c(-c3ccc(-c4ccc(N(c5ccccc5)c5ccccc5)cc4)cc3)nc2c1. The summed E-state index contributed by atoms with van der Waals surface area (Å²) < 4.78 is 0. The summed E-state index contributed by atoms with van der Waals surface area (Å²) in [5, 5.41) is 9.78. The van der Waals surface area contributed by atoms with Crippen molar-refractivity contribution in [1.82, 2.24) is 9.97 Å². The van der Waals surface area contributed by atoms with Gasteiger partial charge in [0.1, 0.15) is 0 Å². The van der Waals surface area contributed by atoms with Crippen LogP contribution in [0, 0.1) is 0 Å². The highest BCUT2D eigenvalue weighted by Crippen LogP contribution is 2.39. The Hall–Kier alpha value is -8.61. The first-order chi connectivity index (χ1) is 31.1. The monoisotopic (exact) mass is 812 g/mol. The number of benzene rings is 9. The number of para-hydroxylation sites is 4. The molecule has 0 aliphatic carbocycles. The van der Waals surface area contributed by atoms with Gasteiger partial charge in [-0.25, -0.2) is 14.8 Å². The lowest BCUT2D eigenvalue weighted by molar-refractivity contribution is 0.0697. The van der Waals surface area contributed by atoms with E-state index in [4.69, 9.17) is 9.97 Å². The van der Waals surface area contributed by atoms with Gasteiger partial charge < -0.3 is 14.9 Å². The summed E-state index contributed by atoms with van der Waals surface area (Å²) in [6, 6.07) is 80.4. The first-order valence-corrected chi connectivity index (χ1v) is 20.8. The molecule has 0 atom stereocenters. The molecule has 10 rings (SSSR count). The molecule has 0 amide bonds. The Kier molecular flexibility index (Phi) is 10.5. The number of carboxylic acid groups (broad SMARTS) is 1. The van der Waals surface area contributed by atoms with Crippen molar-refractivity contribution < 1.29 is 9.90 Å². The fourth-order valence-electron chi connectivity index (χ4n) is 8.04. The van der Waals surface area contributed by atoms with Gasteiger partial charge in [0, 0.05) is 45.3 Å². The van der Waals surface area contributed by atoms with Crippen molar-refractivity contribution in [2.75, 3.05) is 9.80 Å². The fourth-order valence-corrected chi connectivity index (χ4v) is 8.04. The van der Waals surface area contributed by atoms with Crippen molar-refractivity contribution in [1.29, 1.82) is 0 Å². The Morgan fingerprint density at radius 3 is 0.937 bits per heavy atom. The van der Waals surface area contributed by atoms with E-state index in [-0.39, 0.29) is 5.56 Å². The van der Waals surface area contributed by atoms with Gasteiger partial charge in [-0.05, 0) is 113 Å². The third kappa shape index (κ3) is 8.04. The number of aromatic carboxylic acids is 1. The Morgan fingerprint density at radius 2 is 0.603 bits per heavy atom. The fraction of sp³-hybridized carbons (Fsp3) is 0. The summed E-state index contributed by atoms with van der Waals surface area (Å²) >= 11 is 0. The van der Waals surface area contributed by atoms with Crippen molar-refractivity contribution in [3.63, 3.8) is 0 Å². The van der Waals surface area contributed by atoms with Crippen LogP contribution in [-0.2, 0) is 0 Å². The van der Waals surface area contributed by atoms with Gasteiger partial charge in [-0.3, -0.25) is 0 Å². The predicted octanol–water partition coefficient (Wildman–Crippen LogP) is 14.9. The Morgan fingerprint density at radius 1 is 0.317 bits per heavy atom. The number of carbonyl (C=O) groups is 1. The molecule has 10 aromatic rings. The molecule has 6 nitrogen and oxygen atoms in total. The number of aromatic nitrogens is 2. The molecular weight excluding hydrogens is 773 g/mol. The molecule has 1 aromatic heterocycles. The Labute approximate surface area is 366 Å². The van der Waals surface area contributed by atoms with E-state index in [9.17, 15) is 9.90 Å². The van der Waals surface area contributed by atoms with E-state index in [1.165, 1.54) is 0 Å². The molecule has 0 aliphatic rings. The molecule has 1 N–H and O–H groups in total. The molecular formula is C57H40N4O2. The highest BCUT2D eigenvalue weighted by Gasteiger charge is 2.17. The maximum absolute atomic E-state index is 11.9. The summed E-state index contributed by atoms with van der Waals surface area (Å²) in [5.41, 5.74) is 15.3. The lowest BCUT2D eigenvalue weighted by Gasteiger charge is -2.25. The minimum atomic E-state index is -1.01. The van der Waals surface area contributed by atoms with Crippen LogP contribution in [0.1, 0.15) is 10.4 Å². The molecule has 0 saturated heterocycles. The number of carboxylic acids is 1. The van der Waals surface area contributed by atoms with Crippen molar-refractivity contribution in [3.8, 4) is 44.8 Å². The zero-order valence-corrected chi connectivity index (χ0v) is 34.2. The summed E-state index contributed by atoms with van der Waals surface area (Å²) in [6.45, 7) is 0. The maximum Gasteiger partial charge on any atom is 0.335 e. The minimum Gasteiger partial charge on any atom is -0.478 e. The second kappa shape index (κ2) is 17.2. The van der Waals surface area contributed by atoms with Gasteiger partial charge in [0.2, 0.25) is 0 Å². The predicted molar refractivity (Wildman–Crippen MR) is 258 cm³/mol. The van der Waals surface area contributed by atoms with Crippen LogP contribution in [0.4, 0.5) is 34.1 Å². The van der Waals surface area contributed by atoms with Gasteiger partial charge in [-0.1, -0.05) is 146 Å². The second-order valence-corrected chi connectivity index (χ2v) is 15.2. The number of hydrogen-bond donors (Lipinski definition) is 1. The standard InChI is InChI=1S/C57H40N4O2/c62-57(63)46-33-38-53-54(39-46)59-56(45-27-23-41(24-28-45)43-31-36-52(37-32-43)61(49-17-9-3-10-18-49)50-19-11-4-12-20-50)55(58-53)44-25-21-40(22-26-44)42-29-34-51(35-30-42)60(47-13-5-1-6-14-47)48-15-7-2-8-16-48/h1-39H,(H,62,63). The highest BCUT2D eigenvalue weighted by atomic mass is 16.4. The normalized spacial score (nSPS) is 11.0. The van der Waals surface area contributed by atoms with Gasteiger partial charge in [0.15, 0.2) is 0 Å². The zero-order chi connectivity index (χ0) is 42.5. The van der Waals surface area contributed by atoms with Gasteiger partial charge in [-0.15, -0.1) is 0 Å². The molecule has 0 unspecified atom stereocenters. The number of nitrogens with zero attached hydrogens (tertiary/aromatic N) is 4. The van der Waals surface area contributed by atoms with Crippen LogP contribution in [0.2, 0.25) is 0 Å². The highest BCUT2D eigenvalue weighted by molar-refractivity contribution is 5.94. The molecule has 0 spiro atoms. The number of anilines is 6. The second-order valence-electron chi connectivity index (χ2n) is 15.2. The summed E-state index contributed by atoms with van der Waals surface area (Å²) in [5.74, 6) is -1.01.